The van der Waals surface area contributed by atoms with Crippen LogP contribution in [0.1, 0.15) is 59.3 Å². The van der Waals surface area contributed by atoms with Gasteiger partial charge in [0, 0.05) is 12.0 Å². The molecule has 7 nitrogen and oxygen atoms in total. The van der Waals surface area contributed by atoms with Gasteiger partial charge >= 0.3 is 11.9 Å². The van der Waals surface area contributed by atoms with Crippen molar-refractivity contribution in [1.82, 2.24) is 5.32 Å². The summed E-state index contributed by atoms with van der Waals surface area (Å²) in [6.07, 6.45) is 25.1. The third kappa shape index (κ3) is 20.3. The number of hydrogen-bond donors (Lipinski definition) is 3. The largest absolute Gasteiger partial charge is 0.481 e. The average molecular weight is 512 g/mol. The summed E-state index contributed by atoms with van der Waals surface area (Å²) in [5.41, 5.74) is 5.11. The van der Waals surface area contributed by atoms with E-state index in [0.717, 1.165) is 19.3 Å². The Morgan fingerprint density at radius 3 is 2.16 bits per heavy atom. The minimum absolute atomic E-state index is 0.0843. The quantitative estimate of drug-likeness (QED) is 0.102. The standard InChI is InChI=1S/C30H41NO6/c1-4-5-6-7-8-9-10-11-12-13-14-15-16-17-18-19-20-21-22-27(34)37-25-30(2,3)28(35)29(36)31-24-23-26(32)33/h4,6,8-9,11-13,15,17-18,20-21,28,35H,7,10,16,19,22-25H2,1-3H3,(H,31,36)(H,32,33)/b9-8-,12-11-,18-17-,21-20-. The van der Waals surface area contributed by atoms with Crippen LogP contribution in [0.4, 0.5) is 0 Å². The van der Waals surface area contributed by atoms with Crippen LogP contribution in [-0.4, -0.2) is 47.3 Å². The average Bonchev–Trinajstić information content (AvgIpc) is 2.86. The lowest BCUT2D eigenvalue weighted by molar-refractivity contribution is -0.152. The molecular weight excluding hydrogens is 470 g/mol. The van der Waals surface area contributed by atoms with Gasteiger partial charge in [0.25, 0.3) is 0 Å². The van der Waals surface area contributed by atoms with Crippen LogP contribution < -0.4 is 5.32 Å². The van der Waals surface area contributed by atoms with E-state index in [1.165, 1.54) is 0 Å². The maximum atomic E-state index is 11.9. The van der Waals surface area contributed by atoms with E-state index in [4.69, 9.17) is 9.84 Å². The van der Waals surface area contributed by atoms with Gasteiger partial charge in [-0.15, -0.1) is 11.5 Å². The number of amides is 1. The molecule has 1 unspecified atom stereocenters. The molecule has 0 aromatic heterocycles. The molecule has 202 valence electrons. The molecule has 0 heterocycles. The summed E-state index contributed by atoms with van der Waals surface area (Å²) in [6.45, 7) is 4.89. The number of carboxylic acid groups (broad SMARTS) is 1. The lowest BCUT2D eigenvalue weighted by atomic mass is 9.87. The molecular formula is C30H41NO6. The number of aliphatic hydroxyl groups is 1. The Bertz CT molecular complexity index is 939. The molecule has 0 bridgehead atoms. The van der Waals surface area contributed by atoms with Crippen LogP contribution in [0, 0.1) is 5.41 Å². The first-order valence-corrected chi connectivity index (χ1v) is 12.4. The summed E-state index contributed by atoms with van der Waals surface area (Å²) in [5, 5.41) is 21.1. The maximum Gasteiger partial charge on any atom is 0.309 e. The number of ether oxygens (including phenoxy) is 1. The highest BCUT2D eigenvalue weighted by atomic mass is 16.5. The zero-order valence-corrected chi connectivity index (χ0v) is 22.2. The molecule has 0 aliphatic rings. The molecule has 1 atom stereocenters. The predicted molar refractivity (Wildman–Crippen MR) is 147 cm³/mol. The van der Waals surface area contributed by atoms with E-state index in [2.05, 4.69) is 35.0 Å². The third-order valence-electron chi connectivity index (χ3n) is 4.80. The van der Waals surface area contributed by atoms with Gasteiger partial charge in [-0.2, -0.15) is 0 Å². The normalized spacial score (nSPS) is 12.3. The first kappa shape index (κ1) is 33.4. The summed E-state index contributed by atoms with van der Waals surface area (Å²) in [6, 6.07) is 0. The zero-order chi connectivity index (χ0) is 27.8. The van der Waals surface area contributed by atoms with E-state index >= 15 is 0 Å². The van der Waals surface area contributed by atoms with Crippen molar-refractivity contribution in [3.8, 4) is 0 Å². The summed E-state index contributed by atoms with van der Waals surface area (Å²) in [5.74, 6) is -2.21. The SMILES string of the molecule is CC=C=CC/C=C\C/C=C\C=C=CC/C=C\C/C=C\CC(=O)OCC(C)(C)C(O)C(=O)NCCC(=O)O. The van der Waals surface area contributed by atoms with Crippen molar-refractivity contribution in [2.45, 2.75) is 65.4 Å². The van der Waals surface area contributed by atoms with E-state index in [-0.39, 0.29) is 26.0 Å². The van der Waals surface area contributed by atoms with E-state index in [1.54, 1.807) is 19.9 Å². The fourth-order valence-electron chi connectivity index (χ4n) is 2.63. The molecule has 1 amide bonds. The Hall–Kier alpha value is -3.63. The molecule has 0 fully saturated rings. The smallest absolute Gasteiger partial charge is 0.309 e. The van der Waals surface area contributed by atoms with Crippen molar-refractivity contribution in [2.24, 2.45) is 5.41 Å². The number of aliphatic hydroxyl groups excluding tert-OH is 1. The van der Waals surface area contributed by atoms with Crippen molar-refractivity contribution in [3.63, 3.8) is 0 Å². The molecule has 7 heteroatoms. The van der Waals surface area contributed by atoms with E-state index in [0.29, 0.717) is 6.42 Å². The second-order valence-electron chi connectivity index (χ2n) is 8.67. The van der Waals surface area contributed by atoms with Gasteiger partial charge in [-0.25, -0.2) is 0 Å². The van der Waals surface area contributed by atoms with Crippen LogP contribution in [0.25, 0.3) is 0 Å². The minimum Gasteiger partial charge on any atom is -0.481 e. The highest BCUT2D eigenvalue weighted by Crippen LogP contribution is 2.21. The Balaban J connectivity index is 4.10. The number of hydrogen-bond acceptors (Lipinski definition) is 5. The molecule has 0 saturated heterocycles. The van der Waals surface area contributed by atoms with Crippen molar-refractivity contribution >= 4 is 17.8 Å². The van der Waals surface area contributed by atoms with Crippen molar-refractivity contribution in [2.75, 3.05) is 13.2 Å². The number of allylic oxidation sites excluding steroid dienone is 9. The number of carboxylic acids is 1. The Kier molecular flexibility index (Phi) is 19.5. The van der Waals surface area contributed by atoms with Gasteiger partial charge in [-0.1, -0.05) is 62.5 Å². The highest BCUT2D eigenvalue weighted by molar-refractivity contribution is 5.82. The van der Waals surface area contributed by atoms with Gasteiger partial charge in [-0.3, -0.25) is 14.4 Å². The Morgan fingerprint density at radius 2 is 1.51 bits per heavy atom. The lowest BCUT2D eigenvalue weighted by Crippen LogP contribution is -2.46. The van der Waals surface area contributed by atoms with Crippen molar-refractivity contribution in [1.29, 1.82) is 0 Å². The molecule has 0 aromatic rings. The first-order valence-electron chi connectivity index (χ1n) is 12.4. The molecule has 3 N–H and O–H groups in total. The van der Waals surface area contributed by atoms with Gasteiger partial charge in [-0.05, 0) is 56.9 Å². The van der Waals surface area contributed by atoms with Crippen LogP contribution in [0.3, 0.4) is 0 Å². The van der Waals surface area contributed by atoms with Gasteiger partial charge < -0.3 is 20.3 Å². The first-order chi connectivity index (χ1) is 17.7. The maximum absolute atomic E-state index is 11.9. The second-order valence-corrected chi connectivity index (χ2v) is 8.67. The molecule has 0 saturated carbocycles. The van der Waals surface area contributed by atoms with Crippen LogP contribution >= 0.6 is 0 Å². The van der Waals surface area contributed by atoms with Crippen LogP contribution in [-0.2, 0) is 19.1 Å². The van der Waals surface area contributed by atoms with E-state index in [9.17, 15) is 19.5 Å². The fraction of sp³-hybridized carbons (Fsp3) is 0.433. The van der Waals surface area contributed by atoms with E-state index in [1.807, 2.05) is 55.5 Å². The van der Waals surface area contributed by atoms with Crippen LogP contribution in [0.2, 0.25) is 0 Å². The van der Waals surface area contributed by atoms with Crippen LogP contribution in [0.15, 0.2) is 84.4 Å². The molecule has 37 heavy (non-hydrogen) atoms. The Labute approximate surface area is 221 Å². The summed E-state index contributed by atoms with van der Waals surface area (Å²) in [4.78, 5) is 34.4. The van der Waals surface area contributed by atoms with Crippen molar-refractivity contribution < 1.29 is 29.3 Å². The predicted octanol–water partition coefficient (Wildman–Crippen LogP) is 5.13. The topological polar surface area (TPSA) is 113 Å². The molecule has 0 radical (unpaired) electrons. The molecule has 0 rings (SSSR count). The van der Waals surface area contributed by atoms with Crippen molar-refractivity contribution in [3.05, 3.63) is 84.4 Å². The number of esters is 1. The van der Waals surface area contributed by atoms with Gasteiger partial charge in [0.2, 0.25) is 5.91 Å². The number of nitrogens with one attached hydrogen (secondary N) is 1. The summed E-state index contributed by atoms with van der Waals surface area (Å²) >= 11 is 0. The monoisotopic (exact) mass is 511 g/mol. The fourth-order valence-corrected chi connectivity index (χ4v) is 2.63. The van der Waals surface area contributed by atoms with Gasteiger partial charge in [0.15, 0.2) is 0 Å². The van der Waals surface area contributed by atoms with Gasteiger partial charge in [0.05, 0.1) is 19.4 Å². The number of carbonyl (C=O) groups is 3. The summed E-state index contributed by atoms with van der Waals surface area (Å²) in [7, 11) is 0. The molecule has 0 aliphatic carbocycles. The Morgan fingerprint density at radius 1 is 0.919 bits per heavy atom. The highest BCUT2D eigenvalue weighted by Gasteiger charge is 2.34. The molecule has 0 spiro atoms. The van der Waals surface area contributed by atoms with Gasteiger partial charge in [0.1, 0.15) is 6.10 Å². The van der Waals surface area contributed by atoms with E-state index < -0.39 is 29.4 Å². The van der Waals surface area contributed by atoms with Crippen LogP contribution in [0.5, 0.6) is 0 Å². The molecule has 0 aliphatic heterocycles. The molecule has 0 aromatic carbocycles. The second kappa shape index (κ2) is 21.6. The lowest BCUT2D eigenvalue weighted by Gasteiger charge is -2.28. The number of aliphatic carboxylic acids is 1. The zero-order valence-electron chi connectivity index (χ0n) is 22.2. The summed E-state index contributed by atoms with van der Waals surface area (Å²) < 4.78 is 5.18. The third-order valence-corrected chi connectivity index (χ3v) is 4.80. The number of rotatable bonds is 18. The number of carbonyl (C=O) groups excluding carboxylic acids is 2. The minimum atomic E-state index is -1.44.